The topological polar surface area (TPSA) is 26.0 Å². The van der Waals surface area contributed by atoms with Crippen LogP contribution in [-0.2, 0) is 5.41 Å². The molecule has 2 aliphatic carbocycles. The summed E-state index contributed by atoms with van der Waals surface area (Å²) in [6.45, 7) is 0.743. The number of halogens is 1. The number of benzene rings is 1. The second-order valence-corrected chi connectivity index (χ2v) is 5.67. The summed E-state index contributed by atoms with van der Waals surface area (Å²) >= 11 is 0. The highest BCUT2D eigenvalue weighted by Gasteiger charge is 2.58. The lowest BCUT2D eigenvalue weighted by atomic mass is 9.79. The lowest BCUT2D eigenvalue weighted by Gasteiger charge is -2.25. The van der Waals surface area contributed by atoms with E-state index in [1.807, 2.05) is 6.07 Å². The van der Waals surface area contributed by atoms with Crippen LogP contribution >= 0.6 is 0 Å². The maximum Gasteiger partial charge on any atom is 0.123 e. The summed E-state index contributed by atoms with van der Waals surface area (Å²) in [5, 5.41) is 0. The normalized spacial score (nSPS) is 32.9. The molecule has 2 aliphatic rings. The second-order valence-electron chi connectivity index (χ2n) is 5.67. The van der Waals surface area contributed by atoms with Crippen LogP contribution in [0.4, 0.5) is 4.39 Å². The Bertz CT molecular complexity index is 411. The lowest BCUT2D eigenvalue weighted by molar-refractivity contribution is 0.384. The standard InChI is InChI=1S/C15H20FN/c16-14-7-3-6-12(8-14)15(9-13(15)10-17)11-4-1-2-5-11/h3,6-8,11,13H,1-2,4-5,9-10,17H2/t13-,15?/m0/s1. The van der Waals surface area contributed by atoms with Gasteiger partial charge in [0.15, 0.2) is 0 Å². The monoisotopic (exact) mass is 233 g/mol. The molecule has 0 spiro atoms. The minimum atomic E-state index is -0.109. The van der Waals surface area contributed by atoms with Crippen LogP contribution in [0.1, 0.15) is 37.7 Å². The number of hydrogen-bond donors (Lipinski definition) is 1. The van der Waals surface area contributed by atoms with E-state index in [0.29, 0.717) is 5.92 Å². The van der Waals surface area contributed by atoms with E-state index in [9.17, 15) is 4.39 Å². The zero-order valence-corrected chi connectivity index (χ0v) is 10.2. The summed E-state index contributed by atoms with van der Waals surface area (Å²) in [6.07, 6.45) is 6.43. The lowest BCUT2D eigenvalue weighted by Crippen LogP contribution is -2.23. The van der Waals surface area contributed by atoms with Crippen molar-refractivity contribution in [1.29, 1.82) is 0 Å². The van der Waals surface area contributed by atoms with Crippen molar-refractivity contribution in [3.63, 3.8) is 0 Å². The predicted molar refractivity (Wildman–Crippen MR) is 67.2 cm³/mol. The smallest absolute Gasteiger partial charge is 0.123 e. The molecule has 1 aromatic rings. The van der Waals surface area contributed by atoms with E-state index in [4.69, 9.17) is 5.73 Å². The first-order valence-electron chi connectivity index (χ1n) is 6.73. The van der Waals surface area contributed by atoms with Crippen LogP contribution in [0.3, 0.4) is 0 Å². The summed E-state index contributed by atoms with van der Waals surface area (Å²) in [5.74, 6) is 1.20. The fourth-order valence-corrected chi connectivity index (χ4v) is 3.95. The third kappa shape index (κ3) is 1.70. The van der Waals surface area contributed by atoms with Crippen LogP contribution < -0.4 is 5.73 Å². The van der Waals surface area contributed by atoms with Crippen molar-refractivity contribution in [2.24, 2.45) is 17.6 Å². The fraction of sp³-hybridized carbons (Fsp3) is 0.600. The molecule has 1 nitrogen and oxygen atoms in total. The Morgan fingerprint density at radius 3 is 2.65 bits per heavy atom. The van der Waals surface area contributed by atoms with E-state index in [1.54, 1.807) is 6.07 Å². The average Bonchev–Trinajstić information content (AvgIpc) is 2.83. The van der Waals surface area contributed by atoms with Gasteiger partial charge in [-0.15, -0.1) is 0 Å². The molecule has 0 bridgehead atoms. The first kappa shape index (κ1) is 11.2. The number of hydrogen-bond acceptors (Lipinski definition) is 1. The molecular weight excluding hydrogens is 213 g/mol. The molecule has 0 amide bonds. The fourth-order valence-electron chi connectivity index (χ4n) is 3.95. The highest BCUT2D eigenvalue weighted by molar-refractivity contribution is 5.36. The quantitative estimate of drug-likeness (QED) is 0.852. The van der Waals surface area contributed by atoms with E-state index in [-0.39, 0.29) is 11.2 Å². The molecule has 0 heterocycles. The SMILES string of the molecule is NC[C@@H]1CC1(c1cccc(F)c1)C1CCCC1. The molecule has 17 heavy (non-hydrogen) atoms. The van der Waals surface area contributed by atoms with Gasteiger partial charge >= 0.3 is 0 Å². The molecule has 92 valence electrons. The Morgan fingerprint density at radius 1 is 1.29 bits per heavy atom. The first-order valence-corrected chi connectivity index (χ1v) is 6.73. The van der Waals surface area contributed by atoms with Crippen molar-refractivity contribution in [3.05, 3.63) is 35.6 Å². The van der Waals surface area contributed by atoms with Gasteiger partial charge in [0, 0.05) is 5.41 Å². The van der Waals surface area contributed by atoms with Crippen molar-refractivity contribution in [1.82, 2.24) is 0 Å². The van der Waals surface area contributed by atoms with E-state index < -0.39 is 0 Å². The zero-order valence-electron chi connectivity index (χ0n) is 10.2. The number of rotatable bonds is 3. The van der Waals surface area contributed by atoms with Gasteiger partial charge in [-0.3, -0.25) is 0 Å². The molecule has 2 saturated carbocycles. The molecule has 1 aromatic carbocycles. The predicted octanol–water partition coefficient (Wildman–Crippen LogP) is 3.23. The van der Waals surface area contributed by atoms with Crippen LogP contribution in [0.15, 0.2) is 24.3 Å². The van der Waals surface area contributed by atoms with Gasteiger partial charge in [-0.2, -0.15) is 0 Å². The molecule has 1 unspecified atom stereocenters. The van der Waals surface area contributed by atoms with Crippen molar-refractivity contribution in [2.45, 2.75) is 37.5 Å². The van der Waals surface area contributed by atoms with Gasteiger partial charge < -0.3 is 5.73 Å². The third-order valence-electron chi connectivity index (χ3n) is 4.88. The van der Waals surface area contributed by atoms with Crippen molar-refractivity contribution in [3.8, 4) is 0 Å². The van der Waals surface area contributed by atoms with Crippen LogP contribution in [0, 0.1) is 17.7 Å². The molecule has 0 radical (unpaired) electrons. The Balaban J connectivity index is 1.95. The molecule has 2 atom stereocenters. The maximum atomic E-state index is 13.4. The highest BCUT2D eigenvalue weighted by Crippen LogP contribution is 2.62. The Labute approximate surface area is 102 Å². The summed E-state index contributed by atoms with van der Waals surface area (Å²) in [5.41, 5.74) is 7.27. The zero-order chi connectivity index (χ0) is 11.9. The van der Waals surface area contributed by atoms with Gasteiger partial charge in [0.2, 0.25) is 0 Å². The first-order chi connectivity index (χ1) is 8.27. The van der Waals surface area contributed by atoms with E-state index in [2.05, 4.69) is 6.07 Å². The summed E-state index contributed by atoms with van der Waals surface area (Å²) in [6, 6.07) is 7.20. The van der Waals surface area contributed by atoms with E-state index in [1.165, 1.54) is 37.3 Å². The van der Waals surface area contributed by atoms with Gasteiger partial charge in [-0.05, 0) is 55.3 Å². The van der Waals surface area contributed by atoms with Crippen molar-refractivity contribution in [2.75, 3.05) is 6.54 Å². The summed E-state index contributed by atoms with van der Waals surface area (Å²) in [4.78, 5) is 0. The van der Waals surface area contributed by atoms with Gasteiger partial charge in [-0.25, -0.2) is 4.39 Å². The second kappa shape index (κ2) is 4.09. The van der Waals surface area contributed by atoms with E-state index in [0.717, 1.165) is 18.9 Å². The third-order valence-corrected chi connectivity index (χ3v) is 4.88. The Hall–Kier alpha value is -0.890. The molecule has 2 fully saturated rings. The molecule has 0 aromatic heterocycles. The highest BCUT2D eigenvalue weighted by atomic mass is 19.1. The van der Waals surface area contributed by atoms with Crippen molar-refractivity contribution >= 4 is 0 Å². The van der Waals surface area contributed by atoms with E-state index >= 15 is 0 Å². The summed E-state index contributed by atoms with van der Waals surface area (Å²) in [7, 11) is 0. The minimum Gasteiger partial charge on any atom is -0.330 e. The van der Waals surface area contributed by atoms with Crippen LogP contribution in [0.25, 0.3) is 0 Å². The minimum absolute atomic E-state index is 0.109. The maximum absolute atomic E-state index is 13.4. The van der Waals surface area contributed by atoms with Gasteiger partial charge in [0.1, 0.15) is 5.82 Å². The molecule has 2 heteroatoms. The summed E-state index contributed by atoms with van der Waals surface area (Å²) < 4.78 is 13.4. The Kier molecular flexibility index (Phi) is 2.70. The average molecular weight is 233 g/mol. The van der Waals surface area contributed by atoms with Crippen LogP contribution in [-0.4, -0.2) is 6.54 Å². The van der Waals surface area contributed by atoms with Crippen molar-refractivity contribution < 1.29 is 4.39 Å². The largest absolute Gasteiger partial charge is 0.330 e. The van der Waals surface area contributed by atoms with Gasteiger partial charge in [-0.1, -0.05) is 25.0 Å². The molecule has 0 aliphatic heterocycles. The number of nitrogens with two attached hydrogens (primary N) is 1. The van der Waals surface area contributed by atoms with Gasteiger partial charge in [0.25, 0.3) is 0 Å². The Morgan fingerprint density at radius 2 is 2.06 bits per heavy atom. The van der Waals surface area contributed by atoms with Gasteiger partial charge in [0.05, 0.1) is 0 Å². The molecule has 0 saturated heterocycles. The van der Waals surface area contributed by atoms with Crippen LogP contribution in [0.5, 0.6) is 0 Å². The molecular formula is C15H20FN. The molecule has 2 N–H and O–H groups in total. The molecule has 3 rings (SSSR count). The van der Waals surface area contributed by atoms with Crippen LogP contribution in [0.2, 0.25) is 0 Å².